The number of nitrogens with zero attached hydrogens (tertiary/aromatic N) is 1. The molecule has 2 aromatic rings. The Kier molecular flexibility index (Phi) is 3.14. The first-order valence-corrected chi connectivity index (χ1v) is 6.48. The van der Waals surface area contributed by atoms with E-state index < -0.39 is 5.82 Å². The van der Waals surface area contributed by atoms with Crippen LogP contribution < -0.4 is 0 Å². The molecule has 21 heavy (non-hydrogen) atoms. The zero-order valence-electron chi connectivity index (χ0n) is 11.2. The number of hydrogen-bond donors (Lipinski definition) is 0. The maximum atomic E-state index is 14.0. The van der Waals surface area contributed by atoms with Crippen molar-refractivity contribution in [3.8, 4) is 0 Å². The van der Waals surface area contributed by atoms with Gasteiger partial charge in [-0.05, 0) is 23.8 Å². The molecule has 0 aromatic heterocycles. The van der Waals surface area contributed by atoms with Gasteiger partial charge in [-0.25, -0.2) is 4.39 Å². The molecule has 0 aliphatic carbocycles. The van der Waals surface area contributed by atoms with Crippen molar-refractivity contribution in [1.82, 2.24) is 4.90 Å². The molecule has 0 radical (unpaired) electrons. The van der Waals surface area contributed by atoms with Crippen LogP contribution in [0.4, 0.5) is 4.39 Å². The van der Waals surface area contributed by atoms with Crippen molar-refractivity contribution in [1.29, 1.82) is 0 Å². The lowest BCUT2D eigenvalue weighted by Gasteiger charge is -2.14. The van der Waals surface area contributed by atoms with Gasteiger partial charge in [0, 0.05) is 5.56 Å². The third-order valence-corrected chi connectivity index (χ3v) is 3.52. The summed E-state index contributed by atoms with van der Waals surface area (Å²) in [7, 11) is 0. The van der Waals surface area contributed by atoms with E-state index in [4.69, 9.17) is 0 Å². The van der Waals surface area contributed by atoms with E-state index in [1.165, 1.54) is 12.1 Å². The summed E-state index contributed by atoms with van der Waals surface area (Å²) in [5, 5.41) is 0. The molecule has 1 aliphatic rings. The van der Waals surface area contributed by atoms with Crippen LogP contribution in [0.1, 0.15) is 31.8 Å². The maximum Gasteiger partial charge on any atom is 0.261 e. The number of carbonyl (C=O) groups is 2. The molecule has 104 valence electrons. The fourth-order valence-corrected chi connectivity index (χ4v) is 2.37. The monoisotopic (exact) mass is 281 g/mol. The molecule has 0 saturated heterocycles. The molecule has 0 bridgehead atoms. The van der Waals surface area contributed by atoms with Crippen LogP contribution >= 0.6 is 0 Å². The van der Waals surface area contributed by atoms with Gasteiger partial charge < -0.3 is 0 Å². The molecule has 1 heterocycles. The van der Waals surface area contributed by atoms with Crippen molar-refractivity contribution in [2.75, 3.05) is 0 Å². The number of carbonyl (C=O) groups excluding carboxylic acids is 2. The van der Waals surface area contributed by atoms with Gasteiger partial charge in [0.15, 0.2) is 0 Å². The van der Waals surface area contributed by atoms with Crippen LogP contribution in [-0.2, 0) is 6.54 Å². The molecule has 0 N–H and O–H groups in total. The first-order valence-electron chi connectivity index (χ1n) is 6.48. The molecule has 0 atom stereocenters. The SMILES string of the molecule is C=Cc1ccc(CN2C(=O)c3ccccc3C2=O)c(F)c1. The number of imide groups is 1. The molecule has 0 saturated carbocycles. The first-order chi connectivity index (χ1) is 10.1. The lowest BCUT2D eigenvalue weighted by Crippen LogP contribution is -2.29. The summed E-state index contributed by atoms with van der Waals surface area (Å²) in [4.78, 5) is 25.5. The van der Waals surface area contributed by atoms with Crippen LogP contribution in [0.25, 0.3) is 6.08 Å². The van der Waals surface area contributed by atoms with E-state index >= 15 is 0 Å². The van der Waals surface area contributed by atoms with E-state index in [1.54, 1.807) is 36.4 Å². The second-order valence-corrected chi connectivity index (χ2v) is 4.80. The highest BCUT2D eigenvalue weighted by Crippen LogP contribution is 2.25. The molecular weight excluding hydrogens is 269 g/mol. The number of fused-ring (bicyclic) bond motifs is 1. The normalized spacial score (nSPS) is 13.5. The Hall–Kier alpha value is -2.75. The average Bonchev–Trinajstić information content (AvgIpc) is 2.74. The summed E-state index contributed by atoms with van der Waals surface area (Å²) in [6.07, 6.45) is 1.54. The minimum absolute atomic E-state index is 0.0738. The van der Waals surface area contributed by atoms with Crippen LogP contribution in [0, 0.1) is 5.82 Å². The molecule has 0 fully saturated rings. The van der Waals surface area contributed by atoms with Crippen LogP contribution in [0.15, 0.2) is 49.0 Å². The molecule has 3 rings (SSSR count). The highest BCUT2D eigenvalue weighted by Gasteiger charge is 2.35. The fraction of sp³-hybridized carbons (Fsp3) is 0.0588. The van der Waals surface area contributed by atoms with Crippen molar-refractivity contribution in [2.45, 2.75) is 6.54 Å². The topological polar surface area (TPSA) is 37.4 Å². The Balaban J connectivity index is 1.92. The molecule has 0 spiro atoms. The molecule has 0 unspecified atom stereocenters. The highest BCUT2D eigenvalue weighted by molar-refractivity contribution is 6.21. The average molecular weight is 281 g/mol. The quantitative estimate of drug-likeness (QED) is 0.810. The summed E-state index contributed by atoms with van der Waals surface area (Å²) in [5.41, 5.74) is 1.69. The molecule has 2 aromatic carbocycles. The first kappa shape index (κ1) is 13.2. The van der Waals surface area contributed by atoms with Crippen LogP contribution in [0.2, 0.25) is 0 Å². The number of rotatable bonds is 3. The van der Waals surface area contributed by atoms with Gasteiger partial charge in [0.2, 0.25) is 0 Å². The Morgan fingerprint density at radius 1 is 1.05 bits per heavy atom. The van der Waals surface area contributed by atoms with Gasteiger partial charge in [0.05, 0.1) is 17.7 Å². The number of halogens is 1. The summed E-state index contributed by atoms with van der Waals surface area (Å²) in [6, 6.07) is 11.2. The second-order valence-electron chi connectivity index (χ2n) is 4.80. The van der Waals surface area contributed by atoms with E-state index in [-0.39, 0.29) is 18.4 Å². The largest absolute Gasteiger partial charge is 0.270 e. The van der Waals surface area contributed by atoms with Crippen LogP contribution in [0.3, 0.4) is 0 Å². The number of hydrogen-bond acceptors (Lipinski definition) is 2. The predicted molar refractivity (Wildman–Crippen MR) is 77.1 cm³/mol. The fourth-order valence-electron chi connectivity index (χ4n) is 2.37. The summed E-state index contributed by atoms with van der Waals surface area (Å²) >= 11 is 0. The Bertz CT molecular complexity index is 732. The third-order valence-electron chi connectivity index (χ3n) is 3.52. The van der Waals surface area contributed by atoms with E-state index in [0.29, 0.717) is 22.3 Å². The van der Waals surface area contributed by atoms with E-state index in [9.17, 15) is 14.0 Å². The lowest BCUT2D eigenvalue weighted by molar-refractivity contribution is 0.0641. The van der Waals surface area contributed by atoms with Gasteiger partial charge in [-0.3, -0.25) is 14.5 Å². The van der Waals surface area contributed by atoms with Gasteiger partial charge >= 0.3 is 0 Å². The van der Waals surface area contributed by atoms with Crippen molar-refractivity contribution < 1.29 is 14.0 Å². The minimum Gasteiger partial charge on any atom is -0.270 e. The van der Waals surface area contributed by atoms with Crippen LogP contribution in [-0.4, -0.2) is 16.7 Å². The zero-order chi connectivity index (χ0) is 15.0. The smallest absolute Gasteiger partial charge is 0.261 e. The predicted octanol–water partition coefficient (Wildman–Crippen LogP) is 3.26. The summed E-state index contributed by atoms with van der Waals surface area (Å²) < 4.78 is 14.0. The number of benzene rings is 2. The van der Waals surface area contributed by atoms with Crippen molar-refractivity contribution >= 4 is 17.9 Å². The minimum atomic E-state index is -0.455. The molecular formula is C17H12FNO2. The van der Waals surface area contributed by atoms with Gasteiger partial charge in [-0.1, -0.05) is 36.9 Å². The van der Waals surface area contributed by atoms with Crippen molar-refractivity contribution in [3.63, 3.8) is 0 Å². The lowest BCUT2D eigenvalue weighted by atomic mass is 10.1. The van der Waals surface area contributed by atoms with Gasteiger partial charge in [0.25, 0.3) is 11.8 Å². The highest BCUT2D eigenvalue weighted by atomic mass is 19.1. The zero-order valence-corrected chi connectivity index (χ0v) is 11.2. The summed E-state index contributed by atoms with van der Waals surface area (Å²) in [5.74, 6) is -1.23. The van der Waals surface area contributed by atoms with Crippen molar-refractivity contribution in [2.24, 2.45) is 0 Å². The standard InChI is InChI=1S/C17H12FNO2/c1-2-11-7-8-12(15(18)9-11)10-19-16(20)13-5-3-4-6-14(13)17(19)21/h2-9H,1,10H2. The van der Waals surface area contributed by atoms with E-state index in [2.05, 4.69) is 6.58 Å². The Morgan fingerprint density at radius 3 is 2.19 bits per heavy atom. The van der Waals surface area contributed by atoms with Crippen molar-refractivity contribution in [3.05, 3.63) is 77.1 Å². The molecule has 1 aliphatic heterocycles. The van der Waals surface area contributed by atoms with E-state index in [1.807, 2.05) is 0 Å². The second kappa shape index (κ2) is 4.98. The number of amides is 2. The van der Waals surface area contributed by atoms with Gasteiger partial charge in [-0.15, -0.1) is 0 Å². The Morgan fingerprint density at radius 2 is 1.67 bits per heavy atom. The van der Waals surface area contributed by atoms with Gasteiger partial charge in [0.1, 0.15) is 5.82 Å². The van der Waals surface area contributed by atoms with E-state index in [0.717, 1.165) is 4.90 Å². The van der Waals surface area contributed by atoms with Crippen LogP contribution in [0.5, 0.6) is 0 Å². The summed E-state index contributed by atoms with van der Waals surface area (Å²) in [6.45, 7) is 3.50. The Labute approximate surface area is 121 Å². The van der Waals surface area contributed by atoms with Gasteiger partial charge in [-0.2, -0.15) is 0 Å². The maximum absolute atomic E-state index is 14.0. The third kappa shape index (κ3) is 2.14. The molecule has 2 amide bonds. The molecule has 3 nitrogen and oxygen atoms in total. The molecule has 4 heteroatoms.